The van der Waals surface area contributed by atoms with E-state index in [0.29, 0.717) is 6.61 Å². The van der Waals surface area contributed by atoms with Crippen LogP contribution in [0.2, 0.25) is 0 Å². The smallest absolute Gasteiger partial charge is 0.191 e. The Morgan fingerprint density at radius 2 is 1.96 bits per heavy atom. The van der Waals surface area contributed by atoms with Crippen molar-refractivity contribution in [3.05, 3.63) is 29.8 Å². The highest BCUT2D eigenvalue weighted by Gasteiger charge is 2.19. The van der Waals surface area contributed by atoms with Gasteiger partial charge in [0, 0.05) is 27.2 Å². The second kappa shape index (κ2) is 11.7. The second-order valence-electron chi connectivity index (χ2n) is 5.39. The van der Waals surface area contributed by atoms with Crippen molar-refractivity contribution in [1.29, 1.82) is 0 Å². The highest BCUT2D eigenvalue weighted by atomic mass is 16.5. The van der Waals surface area contributed by atoms with E-state index in [4.69, 9.17) is 9.47 Å². The maximum Gasteiger partial charge on any atom is 0.191 e. The van der Waals surface area contributed by atoms with Crippen LogP contribution in [-0.2, 0) is 4.74 Å². The number of nitrogens with one attached hydrogen (secondary N) is 2. The SMILES string of the molecule is CCN(CC)C(CNC(=NC)NCCOC)c1cccc(OC)c1. The molecule has 0 saturated carbocycles. The van der Waals surface area contributed by atoms with E-state index in [0.717, 1.165) is 37.9 Å². The third kappa shape index (κ3) is 6.37. The lowest BCUT2D eigenvalue weighted by Crippen LogP contribution is -2.44. The van der Waals surface area contributed by atoms with Crippen molar-refractivity contribution in [3.63, 3.8) is 0 Å². The van der Waals surface area contributed by atoms with Crippen LogP contribution in [0.3, 0.4) is 0 Å². The maximum atomic E-state index is 5.38. The van der Waals surface area contributed by atoms with Gasteiger partial charge in [-0.1, -0.05) is 26.0 Å². The van der Waals surface area contributed by atoms with Crippen molar-refractivity contribution in [2.24, 2.45) is 4.99 Å². The molecule has 1 aromatic rings. The lowest BCUT2D eigenvalue weighted by molar-refractivity contribution is 0.203. The zero-order valence-electron chi connectivity index (χ0n) is 15.6. The fraction of sp³-hybridized carbons (Fsp3) is 0.611. The van der Waals surface area contributed by atoms with E-state index in [9.17, 15) is 0 Å². The molecular formula is C18H32N4O2. The highest BCUT2D eigenvalue weighted by Crippen LogP contribution is 2.23. The maximum absolute atomic E-state index is 5.38. The van der Waals surface area contributed by atoms with Crippen LogP contribution in [0.5, 0.6) is 5.75 Å². The summed E-state index contributed by atoms with van der Waals surface area (Å²) in [5, 5.41) is 6.66. The molecule has 136 valence electrons. The standard InChI is InChI=1S/C18H32N4O2/c1-6-22(7-2)17(15-9-8-10-16(13-15)24-5)14-21-18(19-3)20-11-12-23-4/h8-10,13,17H,6-7,11-12,14H2,1-5H3,(H2,19,20,21). The summed E-state index contributed by atoms with van der Waals surface area (Å²) >= 11 is 0. The Kier molecular flexibility index (Phi) is 9.88. The van der Waals surface area contributed by atoms with Gasteiger partial charge in [-0.2, -0.15) is 0 Å². The minimum Gasteiger partial charge on any atom is -0.497 e. The molecule has 1 aromatic carbocycles. The number of guanidine groups is 1. The third-order valence-corrected chi connectivity index (χ3v) is 4.02. The fourth-order valence-corrected chi connectivity index (χ4v) is 2.66. The second-order valence-corrected chi connectivity index (χ2v) is 5.39. The number of rotatable bonds is 10. The summed E-state index contributed by atoms with van der Waals surface area (Å²) in [6.07, 6.45) is 0. The number of likely N-dealkylation sites (N-methyl/N-ethyl adjacent to an activating group) is 1. The minimum atomic E-state index is 0.246. The third-order valence-electron chi connectivity index (χ3n) is 4.02. The molecular weight excluding hydrogens is 304 g/mol. The lowest BCUT2D eigenvalue weighted by atomic mass is 10.0. The van der Waals surface area contributed by atoms with Gasteiger partial charge in [0.15, 0.2) is 5.96 Å². The number of benzene rings is 1. The van der Waals surface area contributed by atoms with Gasteiger partial charge in [-0.05, 0) is 30.8 Å². The molecule has 0 aliphatic rings. The number of nitrogens with zero attached hydrogens (tertiary/aromatic N) is 2. The van der Waals surface area contributed by atoms with Crippen LogP contribution < -0.4 is 15.4 Å². The van der Waals surface area contributed by atoms with E-state index < -0.39 is 0 Å². The predicted molar refractivity (Wildman–Crippen MR) is 99.9 cm³/mol. The topological polar surface area (TPSA) is 58.1 Å². The molecule has 24 heavy (non-hydrogen) atoms. The first-order valence-corrected chi connectivity index (χ1v) is 8.51. The van der Waals surface area contributed by atoms with E-state index in [2.05, 4.69) is 46.5 Å². The van der Waals surface area contributed by atoms with E-state index in [-0.39, 0.29) is 6.04 Å². The molecule has 0 aromatic heterocycles. The zero-order chi connectivity index (χ0) is 17.8. The molecule has 0 radical (unpaired) electrons. The van der Waals surface area contributed by atoms with Crippen molar-refractivity contribution in [3.8, 4) is 5.75 Å². The van der Waals surface area contributed by atoms with Crippen LogP contribution in [0.15, 0.2) is 29.3 Å². The average molecular weight is 336 g/mol. The van der Waals surface area contributed by atoms with Crippen LogP contribution in [0.1, 0.15) is 25.5 Å². The van der Waals surface area contributed by atoms with E-state index in [1.54, 1.807) is 21.3 Å². The molecule has 1 atom stereocenters. The molecule has 6 nitrogen and oxygen atoms in total. The Morgan fingerprint density at radius 3 is 2.54 bits per heavy atom. The molecule has 0 spiro atoms. The monoisotopic (exact) mass is 336 g/mol. The summed E-state index contributed by atoms with van der Waals surface area (Å²) < 4.78 is 10.4. The molecule has 0 aliphatic carbocycles. The van der Waals surface area contributed by atoms with Crippen LogP contribution in [0.25, 0.3) is 0 Å². The van der Waals surface area contributed by atoms with Gasteiger partial charge in [0.25, 0.3) is 0 Å². The summed E-state index contributed by atoms with van der Waals surface area (Å²) in [5.74, 6) is 1.67. The van der Waals surface area contributed by atoms with Crippen molar-refractivity contribution < 1.29 is 9.47 Å². The molecule has 0 heterocycles. The number of hydrogen-bond donors (Lipinski definition) is 2. The van der Waals surface area contributed by atoms with Crippen molar-refractivity contribution >= 4 is 5.96 Å². The molecule has 1 rings (SSSR count). The first-order valence-electron chi connectivity index (χ1n) is 8.51. The van der Waals surface area contributed by atoms with E-state index >= 15 is 0 Å². The van der Waals surface area contributed by atoms with Gasteiger partial charge < -0.3 is 20.1 Å². The van der Waals surface area contributed by atoms with Crippen LogP contribution in [0.4, 0.5) is 0 Å². The van der Waals surface area contributed by atoms with Crippen LogP contribution in [-0.4, -0.2) is 64.9 Å². The molecule has 0 aliphatic heterocycles. The van der Waals surface area contributed by atoms with Crippen LogP contribution >= 0.6 is 0 Å². The van der Waals surface area contributed by atoms with Gasteiger partial charge in [-0.25, -0.2) is 0 Å². The Balaban J connectivity index is 2.82. The van der Waals surface area contributed by atoms with Crippen LogP contribution in [0, 0.1) is 0 Å². The normalized spacial score (nSPS) is 13.0. The summed E-state index contributed by atoms with van der Waals surface area (Å²) in [5.41, 5.74) is 1.23. The molecule has 2 N–H and O–H groups in total. The van der Waals surface area contributed by atoms with Crippen molar-refractivity contribution in [1.82, 2.24) is 15.5 Å². The molecule has 0 saturated heterocycles. The Morgan fingerprint density at radius 1 is 1.21 bits per heavy atom. The van der Waals surface area contributed by atoms with Gasteiger partial charge in [-0.3, -0.25) is 9.89 Å². The number of ether oxygens (including phenoxy) is 2. The number of methoxy groups -OCH3 is 2. The number of aliphatic imine (C=N–C) groups is 1. The van der Waals surface area contributed by atoms with Crippen molar-refractivity contribution in [2.75, 3.05) is 54.1 Å². The Labute approximate surface area is 146 Å². The summed E-state index contributed by atoms with van der Waals surface area (Å²) in [4.78, 5) is 6.69. The largest absolute Gasteiger partial charge is 0.497 e. The molecule has 1 unspecified atom stereocenters. The minimum absolute atomic E-state index is 0.246. The van der Waals surface area contributed by atoms with E-state index in [1.807, 2.05) is 12.1 Å². The molecule has 6 heteroatoms. The van der Waals surface area contributed by atoms with Gasteiger partial charge in [0.2, 0.25) is 0 Å². The predicted octanol–water partition coefficient (Wildman–Crippen LogP) is 1.89. The first-order chi connectivity index (χ1) is 11.7. The van der Waals surface area contributed by atoms with E-state index in [1.165, 1.54) is 5.56 Å². The summed E-state index contributed by atoms with van der Waals surface area (Å²) in [6, 6.07) is 8.51. The molecule has 0 fully saturated rings. The zero-order valence-corrected chi connectivity index (χ0v) is 15.6. The summed E-state index contributed by atoms with van der Waals surface area (Å²) in [7, 11) is 5.17. The summed E-state index contributed by atoms with van der Waals surface area (Å²) in [6.45, 7) is 8.47. The molecule has 0 bridgehead atoms. The highest BCUT2D eigenvalue weighted by molar-refractivity contribution is 5.79. The lowest BCUT2D eigenvalue weighted by Gasteiger charge is -2.31. The van der Waals surface area contributed by atoms with Gasteiger partial charge in [-0.15, -0.1) is 0 Å². The number of hydrogen-bond acceptors (Lipinski definition) is 4. The van der Waals surface area contributed by atoms with Gasteiger partial charge in [0.1, 0.15) is 5.75 Å². The Bertz CT molecular complexity index is 490. The van der Waals surface area contributed by atoms with Gasteiger partial charge in [0.05, 0.1) is 19.8 Å². The van der Waals surface area contributed by atoms with Gasteiger partial charge >= 0.3 is 0 Å². The molecule has 0 amide bonds. The Hall–Kier alpha value is -1.79. The quantitative estimate of drug-likeness (QED) is 0.388. The van der Waals surface area contributed by atoms with Crippen molar-refractivity contribution in [2.45, 2.75) is 19.9 Å². The average Bonchev–Trinajstić information content (AvgIpc) is 2.63. The fourth-order valence-electron chi connectivity index (χ4n) is 2.66. The first kappa shape index (κ1) is 20.3.